The molecule has 3 N–H and O–H groups in total. The Morgan fingerprint density at radius 3 is 2.61 bits per heavy atom. The summed E-state index contributed by atoms with van der Waals surface area (Å²) in [5.41, 5.74) is -0.419. The van der Waals surface area contributed by atoms with Crippen LogP contribution in [-0.2, 0) is 9.53 Å². The predicted octanol–water partition coefficient (Wildman–Crippen LogP) is 0.930. The number of benzene rings is 1. The standard InChI is InChI=1S/C14H12BrN3O5/c1-7-4-8(2-3-9(7)15)16-12(20)6-23-13(21)10-5-11(19)18-14(22)17-10/h2-5H,6H2,1H3,(H,16,20)(H2,17,18,19,22). The number of carbonyl (C=O) groups is 2. The molecule has 9 heteroatoms. The molecule has 1 heterocycles. The summed E-state index contributed by atoms with van der Waals surface area (Å²) >= 11 is 3.34. The molecule has 2 rings (SSSR count). The van der Waals surface area contributed by atoms with E-state index in [1.807, 2.05) is 11.9 Å². The van der Waals surface area contributed by atoms with E-state index in [-0.39, 0.29) is 5.69 Å². The molecular formula is C14H12BrN3O5. The number of aryl methyl sites for hydroxylation is 1. The molecule has 0 atom stereocenters. The SMILES string of the molecule is Cc1cc(NC(=O)COC(=O)c2cc(=O)[nH]c(=O)[nH]2)ccc1Br. The fourth-order valence-corrected chi connectivity index (χ4v) is 1.95. The maximum Gasteiger partial charge on any atom is 0.355 e. The highest BCUT2D eigenvalue weighted by atomic mass is 79.9. The third kappa shape index (κ3) is 4.65. The third-order valence-corrected chi connectivity index (χ3v) is 3.65. The van der Waals surface area contributed by atoms with Crippen LogP contribution in [0, 0.1) is 6.92 Å². The minimum Gasteiger partial charge on any atom is -0.451 e. The van der Waals surface area contributed by atoms with E-state index in [1.165, 1.54) is 0 Å². The monoisotopic (exact) mass is 381 g/mol. The van der Waals surface area contributed by atoms with Crippen LogP contribution in [0.3, 0.4) is 0 Å². The predicted molar refractivity (Wildman–Crippen MR) is 85.5 cm³/mol. The number of aromatic nitrogens is 2. The molecule has 0 aliphatic rings. The van der Waals surface area contributed by atoms with Crippen molar-refractivity contribution in [3.63, 3.8) is 0 Å². The minimum absolute atomic E-state index is 0.328. The van der Waals surface area contributed by atoms with Gasteiger partial charge in [0.05, 0.1) is 0 Å². The molecule has 0 saturated carbocycles. The number of hydrogen-bond acceptors (Lipinski definition) is 5. The molecule has 0 aliphatic heterocycles. The summed E-state index contributed by atoms with van der Waals surface area (Å²) in [6.45, 7) is 1.31. The smallest absolute Gasteiger partial charge is 0.355 e. The second-order valence-corrected chi connectivity index (χ2v) is 5.44. The first kappa shape index (κ1) is 16.7. The second kappa shape index (κ2) is 7.05. The first-order valence-electron chi connectivity index (χ1n) is 6.42. The number of ether oxygens (including phenoxy) is 1. The Morgan fingerprint density at radius 2 is 1.96 bits per heavy atom. The van der Waals surface area contributed by atoms with E-state index in [4.69, 9.17) is 4.74 Å². The Kier molecular flexibility index (Phi) is 5.12. The van der Waals surface area contributed by atoms with E-state index < -0.39 is 29.7 Å². The number of amides is 1. The molecule has 1 aromatic heterocycles. The number of aromatic amines is 2. The maximum atomic E-state index is 11.7. The van der Waals surface area contributed by atoms with Gasteiger partial charge >= 0.3 is 11.7 Å². The molecule has 0 saturated heterocycles. The van der Waals surface area contributed by atoms with Crippen LogP contribution in [0.15, 0.2) is 38.3 Å². The zero-order valence-electron chi connectivity index (χ0n) is 11.9. The molecule has 0 radical (unpaired) electrons. The lowest BCUT2D eigenvalue weighted by Crippen LogP contribution is -2.27. The Bertz CT molecular complexity index is 843. The van der Waals surface area contributed by atoms with Crippen LogP contribution in [0.5, 0.6) is 0 Å². The fraction of sp³-hybridized carbons (Fsp3) is 0.143. The summed E-state index contributed by atoms with van der Waals surface area (Å²) in [6, 6.07) is 6.08. The van der Waals surface area contributed by atoms with Gasteiger partial charge in [0.25, 0.3) is 11.5 Å². The lowest BCUT2D eigenvalue weighted by atomic mass is 10.2. The Labute approximate surface area is 138 Å². The fourth-order valence-electron chi connectivity index (χ4n) is 1.71. The van der Waals surface area contributed by atoms with Crippen molar-refractivity contribution < 1.29 is 14.3 Å². The Balaban J connectivity index is 1.95. The molecule has 0 bridgehead atoms. The van der Waals surface area contributed by atoms with Crippen LogP contribution in [0.2, 0.25) is 0 Å². The van der Waals surface area contributed by atoms with Gasteiger partial charge in [0.15, 0.2) is 6.61 Å². The van der Waals surface area contributed by atoms with Gasteiger partial charge in [0.2, 0.25) is 0 Å². The van der Waals surface area contributed by atoms with Gasteiger partial charge in [-0.25, -0.2) is 9.59 Å². The molecule has 0 unspecified atom stereocenters. The number of rotatable bonds is 4. The third-order valence-electron chi connectivity index (χ3n) is 2.76. The van der Waals surface area contributed by atoms with E-state index in [2.05, 4.69) is 26.2 Å². The molecule has 1 aromatic carbocycles. The van der Waals surface area contributed by atoms with Gasteiger partial charge in [-0.05, 0) is 30.7 Å². The summed E-state index contributed by atoms with van der Waals surface area (Å²) in [6.07, 6.45) is 0. The largest absolute Gasteiger partial charge is 0.451 e. The number of esters is 1. The Hall–Kier alpha value is -2.68. The average molecular weight is 382 g/mol. The van der Waals surface area contributed by atoms with Gasteiger partial charge in [-0.2, -0.15) is 0 Å². The molecule has 0 spiro atoms. The molecule has 1 amide bonds. The zero-order chi connectivity index (χ0) is 17.0. The number of anilines is 1. The number of halogens is 1. The molecular weight excluding hydrogens is 370 g/mol. The van der Waals surface area contributed by atoms with E-state index >= 15 is 0 Å². The molecule has 120 valence electrons. The lowest BCUT2D eigenvalue weighted by Gasteiger charge is -2.08. The van der Waals surface area contributed by atoms with Crippen molar-refractivity contribution in [1.29, 1.82) is 0 Å². The number of hydrogen-bond donors (Lipinski definition) is 3. The van der Waals surface area contributed by atoms with E-state index in [1.54, 1.807) is 18.2 Å². The molecule has 2 aromatic rings. The average Bonchev–Trinajstić information content (AvgIpc) is 2.47. The van der Waals surface area contributed by atoms with Crippen LogP contribution in [0.4, 0.5) is 5.69 Å². The van der Waals surface area contributed by atoms with Crippen LogP contribution in [0.1, 0.15) is 16.1 Å². The number of carbonyl (C=O) groups excluding carboxylic acids is 2. The van der Waals surface area contributed by atoms with Gasteiger partial charge in [-0.15, -0.1) is 0 Å². The summed E-state index contributed by atoms with van der Waals surface area (Å²) in [7, 11) is 0. The number of nitrogens with one attached hydrogen (secondary N) is 3. The first-order chi connectivity index (χ1) is 10.8. The van der Waals surface area contributed by atoms with Crippen molar-refractivity contribution in [3.8, 4) is 0 Å². The highest BCUT2D eigenvalue weighted by Crippen LogP contribution is 2.19. The van der Waals surface area contributed by atoms with Crippen molar-refractivity contribution in [2.75, 3.05) is 11.9 Å². The summed E-state index contributed by atoms with van der Waals surface area (Å²) in [5, 5.41) is 2.56. The Morgan fingerprint density at radius 1 is 1.22 bits per heavy atom. The quantitative estimate of drug-likeness (QED) is 0.680. The van der Waals surface area contributed by atoms with Gasteiger partial charge in [-0.1, -0.05) is 15.9 Å². The highest BCUT2D eigenvalue weighted by Gasteiger charge is 2.12. The van der Waals surface area contributed by atoms with E-state index in [0.29, 0.717) is 5.69 Å². The van der Waals surface area contributed by atoms with Gasteiger partial charge in [0.1, 0.15) is 5.69 Å². The minimum atomic E-state index is -0.977. The molecule has 8 nitrogen and oxygen atoms in total. The van der Waals surface area contributed by atoms with E-state index in [9.17, 15) is 19.2 Å². The van der Waals surface area contributed by atoms with Crippen LogP contribution in [0.25, 0.3) is 0 Å². The van der Waals surface area contributed by atoms with Crippen molar-refractivity contribution in [3.05, 3.63) is 60.8 Å². The van der Waals surface area contributed by atoms with E-state index in [0.717, 1.165) is 16.1 Å². The first-order valence-corrected chi connectivity index (χ1v) is 7.21. The number of H-pyrrole nitrogens is 2. The zero-order valence-corrected chi connectivity index (χ0v) is 13.5. The summed E-state index contributed by atoms with van der Waals surface area (Å²) in [4.78, 5) is 49.6. The van der Waals surface area contributed by atoms with Crippen molar-refractivity contribution in [1.82, 2.24) is 9.97 Å². The van der Waals surface area contributed by atoms with Crippen molar-refractivity contribution in [2.45, 2.75) is 6.92 Å². The van der Waals surface area contributed by atoms with Crippen LogP contribution >= 0.6 is 15.9 Å². The van der Waals surface area contributed by atoms with Gasteiger partial charge in [-0.3, -0.25) is 14.6 Å². The normalized spacial score (nSPS) is 10.2. The van der Waals surface area contributed by atoms with Crippen molar-refractivity contribution >= 4 is 33.5 Å². The van der Waals surface area contributed by atoms with Gasteiger partial charge < -0.3 is 15.0 Å². The summed E-state index contributed by atoms with van der Waals surface area (Å²) in [5.74, 6) is -1.53. The summed E-state index contributed by atoms with van der Waals surface area (Å²) < 4.78 is 5.65. The maximum absolute atomic E-state index is 11.7. The van der Waals surface area contributed by atoms with Crippen molar-refractivity contribution in [2.24, 2.45) is 0 Å². The lowest BCUT2D eigenvalue weighted by molar-refractivity contribution is -0.119. The molecule has 23 heavy (non-hydrogen) atoms. The van der Waals surface area contributed by atoms with Gasteiger partial charge in [0, 0.05) is 16.2 Å². The topological polar surface area (TPSA) is 121 Å². The highest BCUT2D eigenvalue weighted by molar-refractivity contribution is 9.10. The molecule has 0 aliphatic carbocycles. The molecule has 0 fully saturated rings. The van der Waals surface area contributed by atoms with Crippen LogP contribution in [-0.4, -0.2) is 28.5 Å². The second-order valence-electron chi connectivity index (χ2n) is 4.59. The van der Waals surface area contributed by atoms with Crippen LogP contribution < -0.4 is 16.6 Å².